The highest BCUT2D eigenvalue weighted by Crippen LogP contribution is 2.28. The van der Waals surface area contributed by atoms with E-state index in [9.17, 15) is 4.79 Å². The summed E-state index contributed by atoms with van der Waals surface area (Å²) < 4.78 is 1.05. The lowest BCUT2D eigenvalue weighted by Gasteiger charge is -2.17. The van der Waals surface area contributed by atoms with Crippen LogP contribution in [0.5, 0.6) is 0 Å². The summed E-state index contributed by atoms with van der Waals surface area (Å²) in [5.41, 5.74) is 6.32. The van der Waals surface area contributed by atoms with Crippen LogP contribution in [0, 0.1) is 6.92 Å². The summed E-state index contributed by atoms with van der Waals surface area (Å²) in [6, 6.07) is 14.4. The largest absolute Gasteiger partial charge is 0.351 e. The number of rotatable bonds is 5. The van der Waals surface area contributed by atoms with Gasteiger partial charge in [-0.25, -0.2) is 4.98 Å². The van der Waals surface area contributed by atoms with Crippen molar-refractivity contribution < 1.29 is 4.79 Å². The maximum absolute atomic E-state index is 12.4. The molecule has 1 unspecified atom stereocenters. The first-order valence-corrected chi connectivity index (χ1v) is 9.98. The van der Waals surface area contributed by atoms with E-state index < -0.39 is 0 Å². The number of hydrogen-bond acceptors (Lipinski definition) is 4. The Morgan fingerprint density at radius 2 is 2.19 bits per heavy atom. The second-order valence-corrected chi connectivity index (χ2v) is 7.82. The van der Waals surface area contributed by atoms with Crippen molar-refractivity contribution in [2.24, 2.45) is 0 Å². The summed E-state index contributed by atoms with van der Waals surface area (Å²) >= 11 is 1.56. The summed E-state index contributed by atoms with van der Waals surface area (Å²) in [5.74, 6) is 0.607. The number of fused-ring (bicyclic) bond motifs is 1. The third-order valence-corrected chi connectivity index (χ3v) is 6.00. The van der Waals surface area contributed by atoms with Gasteiger partial charge in [0, 0.05) is 25.2 Å². The molecule has 4 nitrogen and oxygen atoms in total. The van der Waals surface area contributed by atoms with Gasteiger partial charge in [0.1, 0.15) is 0 Å². The molecule has 1 amide bonds. The van der Waals surface area contributed by atoms with E-state index in [-0.39, 0.29) is 5.91 Å². The van der Waals surface area contributed by atoms with Gasteiger partial charge in [-0.05, 0) is 55.1 Å². The molecule has 2 heterocycles. The molecule has 3 aromatic rings. The molecule has 1 atom stereocenters. The molecule has 0 spiro atoms. The van der Waals surface area contributed by atoms with Crippen molar-refractivity contribution >= 4 is 27.5 Å². The summed E-state index contributed by atoms with van der Waals surface area (Å²) in [6.45, 7) is 5.95. The van der Waals surface area contributed by atoms with Crippen LogP contribution in [-0.2, 0) is 0 Å². The van der Waals surface area contributed by atoms with Gasteiger partial charge in [-0.15, -0.1) is 11.3 Å². The Bertz CT molecular complexity index is 920. The van der Waals surface area contributed by atoms with E-state index in [2.05, 4.69) is 46.4 Å². The number of carbonyl (C=O) groups excluding carboxylic acids is 1. The number of aryl methyl sites for hydroxylation is 1. The molecule has 1 aliphatic rings. The lowest BCUT2D eigenvalue weighted by Crippen LogP contribution is -2.33. The van der Waals surface area contributed by atoms with Crippen molar-refractivity contribution in [2.45, 2.75) is 19.3 Å². The topological polar surface area (TPSA) is 45.2 Å². The average Bonchev–Trinajstić information content (AvgIpc) is 3.30. The number of benzene rings is 2. The minimum absolute atomic E-state index is 0.00468. The summed E-state index contributed by atoms with van der Waals surface area (Å²) in [4.78, 5) is 19.1. The second-order valence-electron chi connectivity index (χ2n) is 6.93. The van der Waals surface area contributed by atoms with Crippen molar-refractivity contribution in [3.8, 4) is 0 Å². The van der Waals surface area contributed by atoms with Crippen molar-refractivity contribution in [1.29, 1.82) is 0 Å². The van der Waals surface area contributed by atoms with E-state index >= 15 is 0 Å². The van der Waals surface area contributed by atoms with E-state index in [4.69, 9.17) is 0 Å². The normalized spacial score (nSPS) is 17.7. The van der Waals surface area contributed by atoms with Gasteiger partial charge in [0.2, 0.25) is 0 Å². The van der Waals surface area contributed by atoms with Crippen LogP contribution < -0.4 is 5.32 Å². The molecule has 1 saturated heterocycles. The second kappa shape index (κ2) is 7.56. The number of amides is 1. The maximum Gasteiger partial charge on any atom is 0.251 e. The zero-order chi connectivity index (χ0) is 17.9. The highest BCUT2D eigenvalue weighted by molar-refractivity contribution is 7.16. The number of aromatic nitrogens is 1. The predicted octanol–water partition coefficient (Wildman–Crippen LogP) is 3.82. The number of carbonyl (C=O) groups is 1. The van der Waals surface area contributed by atoms with Gasteiger partial charge in [0.05, 0.1) is 15.7 Å². The number of nitrogens with zero attached hydrogens (tertiary/aromatic N) is 2. The van der Waals surface area contributed by atoms with E-state index in [1.165, 1.54) is 17.5 Å². The van der Waals surface area contributed by atoms with Crippen LogP contribution in [0.25, 0.3) is 10.2 Å². The molecule has 4 rings (SSSR count). The van der Waals surface area contributed by atoms with Gasteiger partial charge < -0.3 is 10.2 Å². The summed E-state index contributed by atoms with van der Waals surface area (Å²) in [7, 11) is 0. The average molecular weight is 366 g/mol. The Balaban J connectivity index is 1.28. The summed E-state index contributed by atoms with van der Waals surface area (Å²) in [6.07, 6.45) is 1.20. The number of nitrogens with one attached hydrogen (secondary N) is 1. The van der Waals surface area contributed by atoms with Gasteiger partial charge in [0.15, 0.2) is 0 Å². The highest BCUT2D eigenvalue weighted by atomic mass is 32.1. The van der Waals surface area contributed by atoms with Crippen LogP contribution in [0.15, 0.2) is 48.0 Å². The zero-order valence-corrected chi connectivity index (χ0v) is 15.8. The Kier molecular flexibility index (Phi) is 5.00. The SMILES string of the molecule is Cc1ccccc1C1CCN(CCNC(=O)c2ccc3ncsc3c2)C1. The highest BCUT2D eigenvalue weighted by Gasteiger charge is 2.24. The van der Waals surface area contributed by atoms with Crippen molar-refractivity contribution in [3.05, 3.63) is 64.7 Å². The lowest BCUT2D eigenvalue weighted by molar-refractivity contribution is 0.0950. The maximum atomic E-state index is 12.4. The molecule has 0 aliphatic carbocycles. The molecule has 1 aliphatic heterocycles. The fraction of sp³-hybridized carbons (Fsp3) is 0.333. The molecule has 5 heteroatoms. The minimum atomic E-state index is -0.00468. The zero-order valence-electron chi connectivity index (χ0n) is 14.9. The molecule has 0 radical (unpaired) electrons. The van der Waals surface area contributed by atoms with E-state index in [1.807, 2.05) is 23.7 Å². The van der Waals surface area contributed by atoms with Gasteiger partial charge in [-0.1, -0.05) is 24.3 Å². The fourth-order valence-electron chi connectivity index (χ4n) is 3.76. The van der Waals surface area contributed by atoms with Crippen molar-refractivity contribution in [2.75, 3.05) is 26.2 Å². The van der Waals surface area contributed by atoms with Crippen LogP contribution in [0.4, 0.5) is 0 Å². The number of thiazole rings is 1. The summed E-state index contributed by atoms with van der Waals surface area (Å²) in [5, 5.41) is 3.05. The molecule has 1 aromatic heterocycles. The van der Waals surface area contributed by atoms with E-state index in [1.54, 1.807) is 11.3 Å². The van der Waals surface area contributed by atoms with Crippen molar-refractivity contribution in [1.82, 2.24) is 15.2 Å². The first-order chi connectivity index (χ1) is 12.7. The van der Waals surface area contributed by atoms with Gasteiger partial charge in [-0.2, -0.15) is 0 Å². The van der Waals surface area contributed by atoms with Crippen LogP contribution in [0.1, 0.15) is 33.8 Å². The Morgan fingerprint density at radius 1 is 1.31 bits per heavy atom. The molecule has 1 fully saturated rings. The van der Waals surface area contributed by atoms with E-state index in [0.717, 1.165) is 29.9 Å². The molecule has 0 saturated carbocycles. The molecule has 2 aromatic carbocycles. The first-order valence-electron chi connectivity index (χ1n) is 9.10. The van der Waals surface area contributed by atoms with Crippen LogP contribution in [0.3, 0.4) is 0 Å². The van der Waals surface area contributed by atoms with Crippen LogP contribution in [-0.4, -0.2) is 42.0 Å². The third-order valence-electron chi connectivity index (χ3n) is 5.21. The third kappa shape index (κ3) is 3.64. The molecule has 0 bridgehead atoms. The Labute approximate surface area is 157 Å². The Morgan fingerprint density at radius 3 is 3.08 bits per heavy atom. The smallest absolute Gasteiger partial charge is 0.251 e. The lowest BCUT2D eigenvalue weighted by atomic mass is 9.94. The molecule has 26 heavy (non-hydrogen) atoms. The Hall–Kier alpha value is -2.24. The van der Waals surface area contributed by atoms with Gasteiger partial charge in [0.25, 0.3) is 5.91 Å². The monoisotopic (exact) mass is 365 g/mol. The van der Waals surface area contributed by atoms with Crippen LogP contribution >= 0.6 is 11.3 Å². The van der Waals surface area contributed by atoms with E-state index in [0.29, 0.717) is 18.0 Å². The van der Waals surface area contributed by atoms with Gasteiger partial charge in [-0.3, -0.25) is 4.79 Å². The standard InChI is InChI=1S/C21H23N3OS/c1-15-4-2-3-5-18(15)17-8-10-24(13-17)11-9-22-21(25)16-6-7-19-20(12-16)26-14-23-19/h2-7,12,14,17H,8-11,13H2,1H3,(H,22,25). The molecular formula is C21H23N3OS. The van der Waals surface area contributed by atoms with Gasteiger partial charge >= 0.3 is 0 Å². The minimum Gasteiger partial charge on any atom is -0.351 e. The molecule has 1 N–H and O–H groups in total. The first kappa shape index (κ1) is 17.2. The quantitative estimate of drug-likeness (QED) is 0.747. The fourth-order valence-corrected chi connectivity index (χ4v) is 4.48. The molecular weight excluding hydrogens is 342 g/mol. The predicted molar refractivity (Wildman–Crippen MR) is 107 cm³/mol. The number of hydrogen-bond donors (Lipinski definition) is 1. The van der Waals surface area contributed by atoms with Crippen molar-refractivity contribution in [3.63, 3.8) is 0 Å². The van der Waals surface area contributed by atoms with Crippen LogP contribution in [0.2, 0.25) is 0 Å². The molecule has 134 valence electrons. The number of likely N-dealkylation sites (tertiary alicyclic amines) is 1.